The summed E-state index contributed by atoms with van der Waals surface area (Å²) >= 11 is 12.5. The van der Waals surface area contributed by atoms with Crippen molar-refractivity contribution in [1.29, 1.82) is 0 Å². The first-order valence-electron chi connectivity index (χ1n) is 14.7. The highest BCUT2D eigenvalue weighted by molar-refractivity contribution is 6.42. The minimum Gasteiger partial charge on any atom is -0.337 e. The summed E-state index contributed by atoms with van der Waals surface area (Å²) in [7, 11) is 0. The fourth-order valence-corrected chi connectivity index (χ4v) is 6.25. The van der Waals surface area contributed by atoms with E-state index in [0.29, 0.717) is 54.1 Å². The lowest BCUT2D eigenvalue weighted by molar-refractivity contribution is -0.123. The van der Waals surface area contributed by atoms with Gasteiger partial charge in [0, 0.05) is 43.6 Å². The largest absolute Gasteiger partial charge is 0.337 e. The molecule has 0 unspecified atom stereocenters. The van der Waals surface area contributed by atoms with E-state index < -0.39 is 0 Å². The van der Waals surface area contributed by atoms with Gasteiger partial charge in [-0.3, -0.25) is 14.6 Å². The summed E-state index contributed by atoms with van der Waals surface area (Å²) in [5, 5.41) is 0.867. The number of aromatic nitrogens is 2. The molecule has 2 saturated heterocycles. The van der Waals surface area contributed by atoms with Gasteiger partial charge in [-0.05, 0) is 100.0 Å². The van der Waals surface area contributed by atoms with Gasteiger partial charge in [0.1, 0.15) is 11.5 Å². The number of hydrogen-bond acceptors (Lipinski definition) is 5. The Morgan fingerprint density at radius 1 is 0.929 bits per heavy atom. The number of rotatable bonds is 9. The van der Waals surface area contributed by atoms with E-state index in [2.05, 4.69) is 14.9 Å². The Hall–Kier alpha value is -3.07. The molecule has 0 saturated carbocycles. The first-order chi connectivity index (χ1) is 20.4. The highest BCUT2D eigenvalue weighted by Crippen LogP contribution is 2.30. The Morgan fingerprint density at radius 2 is 1.67 bits per heavy atom. The van der Waals surface area contributed by atoms with Gasteiger partial charge >= 0.3 is 0 Å². The van der Waals surface area contributed by atoms with E-state index in [9.17, 15) is 14.0 Å². The van der Waals surface area contributed by atoms with Crippen molar-refractivity contribution in [3.05, 3.63) is 88.2 Å². The quantitative estimate of drug-likeness (QED) is 0.290. The van der Waals surface area contributed by atoms with Gasteiger partial charge in [0.05, 0.1) is 16.2 Å². The zero-order chi connectivity index (χ0) is 29.5. The molecule has 0 N–H and O–H groups in total. The van der Waals surface area contributed by atoms with Crippen molar-refractivity contribution in [1.82, 2.24) is 19.8 Å². The van der Waals surface area contributed by atoms with Crippen LogP contribution in [0.3, 0.4) is 0 Å². The van der Waals surface area contributed by atoms with E-state index in [1.54, 1.807) is 17.0 Å². The van der Waals surface area contributed by atoms with Crippen molar-refractivity contribution >= 4 is 40.7 Å². The summed E-state index contributed by atoms with van der Waals surface area (Å²) in [6, 6.07) is 12.2. The SMILES string of the molecule is O=C(c1cnccn1)N1CCC(C(=O)N(CCCN2CCC(Cc3ccc(F)cc3)CC2)c2ccc(Cl)c(Cl)c2)CC1. The Kier molecular flexibility index (Phi) is 10.4. The van der Waals surface area contributed by atoms with Crippen LogP contribution < -0.4 is 4.90 Å². The molecule has 2 fully saturated rings. The molecule has 2 aliphatic heterocycles. The van der Waals surface area contributed by atoms with Crippen molar-refractivity contribution in [3.63, 3.8) is 0 Å². The maximum absolute atomic E-state index is 13.8. The molecule has 0 radical (unpaired) electrons. The third-order valence-corrected chi connectivity index (χ3v) is 9.13. The average molecular weight is 613 g/mol. The molecule has 10 heteroatoms. The Labute approximate surface area is 256 Å². The summed E-state index contributed by atoms with van der Waals surface area (Å²) in [6.45, 7) is 4.50. The average Bonchev–Trinajstić information content (AvgIpc) is 3.02. The van der Waals surface area contributed by atoms with Crippen LogP contribution in [-0.4, -0.2) is 70.9 Å². The maximum Gasteiger partial charge on any atom is 0.274 e. The second kappa shape index (κ2) is 14.4. The molecule has 7 nitrogen and oxygen atoms in total. The van der Waals surface area contributed by atoms with Crippen molar-refractivity contribution in [2.24, 2.45) is 11.8 Å². The number of carbonyl (C=O) groups excluding carboxylic acids is 2. The topological polar surface area (TPSA) is 69.6 Å². The summed E-state index contributed by atoms with van der Waals surface area (Å²) in [5.74, 6) is 0.121. The van der Waals surface area contributed by atoms with Crippen molar-refractivity contribution < 1.29 is 14.0 Å². The lowest BCUT2D eigenvalue weighted by Crippen LogP contribution is -2.45. The van der Waals surface area contributed by atoms with E-state index >= 15 is 0 Å². The zero-order valence-corrected chi connectivity index (χ0v) is 25.1. The molecular formula is C32H36Cl2FN5O2. The fourth-order valence-electron chi connectivity index (χ4n) is 5.96. The number of piperidine rings is 2. The summed E-state index contributed by atoms with van der Waals surface area (Å²) in [6.07, 6.45) is 9.73. The second-order valence-electron chi connectivity index (χ2n) is 11.2. The molecule has 2 aliphatic rings. The highest BCUT2D eigenvalue weighted by atomic mass is 35.5. The molecule has 0 atom stereocenters. The molecule has 0 bridgehead atoms. The molecule has 222 valence electrons. The van der Waals surface area contributed by atoms with Gasteiger partial charge < -0.3 is 14.7 Å². The van der Waals surface area contributed by atoms with Crippen LogP contribution >= 0.6 is 23.2 Å². The van der Waals surface area contributed by atoms with E-state index in [0.717, 1.165) is 51.0 Å². The Bertz CT molecular complexity index is 1340. The number of benzene rings is 2. The number of halogens is 3. The first-order valence-corrected chi connectivity index (χ1v) is 15.4. The Balaban J connectivity index is 1.15. The number of hydrogen-bond donors (Lipinski definition) is 0. The highest BCUT2D eigenvalue weighted by Gasteiger charge is 2.32. The normalized spacial score (nSPS) is 16.9. The van der Waals surface area contributed by atoms with E-state index in [-0.39, 0.29) is 23.5 Å². The molecule has 0 aliphatic carbocycles. The second-order valence-corrected chi connectivity index (χ2v) is 12.0. The van der Waals surface area contributed by atoms with E-state index in [4.69, 9.17) is 23.2 Å². The fraction of sp³-hybridized carbons (Fsp3) is 0.438. The molecule has 3 heterocycles. The van der Waals surface area contributed by atoms with Gasteiger partial charge in [-0.1, -0.05) is 35.3 Å². The predicted octanol–water partition coefficient (Wildman–Crippen LogP) is 6.15. The lowest BCUT2D eigenvalue weighted by atomic mass is 9.90. The van der Waals surface area contributed by atoms with Gasteiger partial charge in [-0.25, -0.2) is 9.37 Å². The van der Waals surface area contributed by atoms with Crippen LogP contribution in [0, 0.1) is 17.7 Å². The smallest absolute Gasteiger partial charge is 0.274 e. The molecule has 2 aromatic carbocycles. The van der Waals surface area contributed by atoms with Crippen LogP contribution in [0.4, 0.5) is 10.1 Å². The number of amides is 2. The number of likely N-dealkylation sites (tertiary alicyclic amines) is 2. The third kappa shape index (κ3) is 7.85. The molecular weight excluding hydrogens is 576 g/mol. The van der Waals surface area contributed by atoms with Crippen LogP contribution in [0.5, 0.6) is 0 Å². The van der Waals surface area contributed by atoms with Crippen molar-refractivity contribution in [3.8, 4) is 0 Å². The number of anilines is 1. The first kappa shape index (κ1) is 30.4. The maximum atomic E-state index is 13.8. The number of carbonyl (C=O) groups is 2. The van der Waals surface area contributed by atoms with Gasteiger partial charge in [0.15, 0.2) is 0 Å². The van der Waals surface area contributed by atoms with Gasteiger partial charge in [0.2, 0.25) is 5.91 Å². The van der Waals surface area contributed by atoms with Crippen LogP contribution in [0.15, 0.2) is 61.1 Å². The van der Waals surface area contributed by atoms with Crippen LogP contribution in [-0.2, 0) is 11.2 Å². The van der Waals surface area contributed by atoms with Crippen LogP contribution in [0.25, 0.3) is 0 Å². The molecule has 5 rings (SSSR count). The predicted molar refractivity (Wildman–Crippen MR) is 163 cm³/mol. The van der Waals surface area contributed by atoms with Gasteiger partial charge in [0.25, 0.3) is 5.91 Å². The van der Waals surface area contributed by atoms with E-state index in [1.807, 2.05) is 23.1 Å². The summed E-state index contributed by atoms with van der Waals surface area (Å²) in [4.78, 5) is 40.8. The molecule has 42 heavy (non-hydrogen) atoms. The van der Waals surface area contributed by atoms with E-state index in [1.165, 1.54) is 36.3 Å². The standard InChI is InChI=1S/C32H36Cl2FN5O2/c33-28-7-6-27(21-29(28)34)40(31(41)25-10-18-39(19-11-25)32(42)30-22-36-12-13-37-30)15-1-14-38-16-8-24(9-17-38)20-23-2-4-26(35)5-3-23/h2-7,12-13,21-22,24-25H,1,8-11,14-20H2. The van der Waals surface area contributed by atoms with Crippen molar-refractivity contribution in [2.75, 3.05) is 44.2 Å². The van der Waals surface area contributed by atoms with Crippen molar-refractivity contribution in [2.45, 2.75) is 38.5 Å². The van der Waals surface area contributed by atoms with Gasteiger partial charge in [-0.15, -0.1) is 0 Å². The molecule has 3 aromatic rings. The van der Waals surface area contributed by atoms with Crippen LogP contribution in [0.2, 0.25) is 10.0 Å². The zero-order valence-electron chi connectivity index (χ0n) is 23.6. The minimum absolute atomic E-state index is 0.0537. The molecule has 0 spiro atoms. The lowest BCUT2D eigenvalue weighted by Gasteiger charge is -2.35. The third-order valence-electron chi connectivity index (χ3n) is 8.40. The Morgan fingerprint density at radius 3 is 2.33 bits per heavy atom. The molecule has 1 aromatic heterocycles. The summed E-state index contributed by atoms with van der Waals surface area (Å²) in [5.41, 5.74) is 2.25. The summed E-state index contributed by atoms with van der Waals surface area (Å²) < 4.78 is 13.2. The van der Waals surface area contributed by atoms with Gasteiger partial charge in [-0.2, -0.15) is 0 Å². The monoisotopic (exact) mass is 611 g/mol. The minimum atomic E-state index is -0.194. The molecule has 2 amide bonds. The van der Waals surface area contributed by atoms with Crippen LogP contribution in [0.1, 0.15) is 48.2 Å². The number of nitrogens with zero attached hydrogens (tertiary/aromatic N) is 5.